The van der Waals surface area contributed by atoms with Crippen molar-refractivity contribution >= 4 is 37.3 Å². The number of aliphatic hydroxyl groups excluding tert-OH is 1. The lowest BCUT2D eigenvalue weighted by atomic mass is 10.1. The molecule has 194 valence electrons. The number of rotatable bonds is 8. The zero-order chi connectivity index (χ0) is 26.8. The summed E-state index contributed by atoms with van der Waals surface area (Å²) >= 11 is 1.29. The second kappa shape index (κ2) is 10.6. The number of nitrogens with zero attached hydrogens (tertiary/aromatic N) is 1. The van der Waals surface area contributed by atoms with Gasteiger partial charge in [0.2, 0.25) is 0 Å². The maximum atomic E-state index is 13.0. The zero-order valence-electron chi connectivity index (χ0n) is 19.6. The van der Waals surface area contributed by atoms with Gasteiger partial charge in [-0.05, 0) is 47.5 Å². The van der Waals surface area contributed by atoms with Crippen LogP contribution in [0, 0.1) is 0 Å². The minimum absolute atomic E-state index is 0.0335. The van der Waals surface area contributed by atoms with Crippen molar-refractivity contribution in [3.05, 3.63) is 94.0 Å². The Bertz CT molecular complexity index is 1530. The van der Waals surface area contributed by atoms with Crippen LogP contribution in [0.3, 0.4) is 0 Å². The molecule has 0 radical (unpaired) electrons. The van der Waals surface area contributed by atoms with Crippen molar-refractivity contribution in [2.45, 2.75) is 30.5 Å². The number of carbonyl (C=O) groups excluding carboxylic acids is 1. The van der Waals surface area contributed by atoms with E-state index in [4.69, 9.17) is 0 Å². The fourth-order valence-electron chi connectivity index (χ4n) is 3.77. The van der Waals surface area contributed by atoms with Crippen LogP contribution in [-0.4, -0.2) is 36.8 Å². The first-order valence-electron chi connectivity index (χ1n) is 11.3. The molecule has 1 aromatic heterocycles. The van der Waals surface area contributed by atoms with E-state index in [-0.39, 0.29) is 17.1 Å². The van der Waals surface area contributed by atoms with Crippen LogP contribution < -0.4 is 5.32 Å². The lowest BCUT2D eigenvalue weighted by Gasteiger charge is -2.17. The predicted molar refractivity (Wildman–Crippen MR) is 135 cm³/mol. The van der Waals surface area contributed by atoms with E-state index in [2.05, 4.69) is 10.3 Å². The number of amides is 1. The second-order valence-corrected chi connectivity index (χ2v) is 11.7. The molecular formula is C26H23F3N2O4S2. The maximum Gasteiger partial charge on any atom is 0.416 e. The zero-order valence-corrected chi connectivity index (χ0v) is 21.3. The van der Waals surface area contributed by atoms with Gasteiger partial charge in [-0.1, -0.05) is 37.3 Å². The number of benzene rings is 3. The molecule has 3 aromatic carbocycles. The Morgan fingerprint density at radius 2 is 1.81 bits per heavy atom. The number of halogens is 3. The van der Waals surface area contributed by atoms with Crippen LogP contribution in [0.4, 0.5) is 13.2 Å². The van der Waals surface area contributed by atoms with Gasteiger partial charge in [0.15, 0.2) is 9.84 Å². The number of nitrogens with one attached hydrogen (secondary N) is 1. The van der Waals surface area contributed by atoms with Crippen molar-refractivity contribution in [2.24, 2.45) is 0 Å². The van der Waals surface area contributed by atoms with Crippen molar-refractivity contribution < 1.29 is 31.5 Å². The van der Waals surface area contributed by atoms with Gasteiger partial charge in [0.1, 0.15) is 0 Å². The number of sulfone groups is 1. The van der Waals surface area contributed by atoms with Crippen molar-refractivity contribution in [3.63, 3.8) is 0 Å². The normalized spacial score (nSPS) is 13.0. The number of thiazole rings is 1. The van der Waals surface area contributed by atoms with Gasteiger partial charge in [0, 0.05) is 12.0 Å². The number of alkyl halides is 3. The summed E-state index contributed by atoms with van der Waals surface area (Å²) < 4.78 is 63.7. The van der Waals surface area contributed by atoms with Crippen LogP contribution in [0.15, 0.2) is 71.6 Å². The van der Waals surface area contributed by atoms with Crippen molar-refractivity contribution in [3.8, 4) is 0 Å². The molecule has 1 atom stereocenters. The SMILES string of the molecule is CCS(=O)(=O)c1ccc(C(CO)NC(=O)c2ccc3nc(Cc4cccc(C(F)(F)F)c4)sc3c2)cc1. The fourth-order valence-corrected chi connectivity index (χ4v) is 5.70. The summed E-state index contributed by atoms with van der Waals surface area (Å²) in [6, 6.07) is 15.2. The van der Waals surface area contributed by atoms with Crippen LogP contribution in [0.1, 0.15) is 45.0 Å². The van der Waals surface area contributed by atoms with E-state index in [0.717, 1.165) is 12.1 Å². The Hall–Kier alpha value is -3.28. The smallest absolute Gasteiger partial charge is 0.394 e. The molecular weight excluding hydrogens is 525 g/mol. The monoisotopic (exact) mass is 548 g/mol. The van der Waals surface area contributed by atoms with Gasteiger partial charge in [0.05, 0.1) is 44.1 Å². The van der Waals surface area contributed by atoms with E-state index in [9.17, 15) is 31.5 Å². The molecule has 0 bridgehead atoms. The summed E-state index contributed by atoms with van der Waals surface area (Å²) in [5, 5.41) is 13.2. The number of aliphatic hydroxyl groups is 1. The molecule has 0 aliphatic heterocycles. The average Bonchev–Trinajstić information content (AvgIpc) is 3.28. The van der Waals surface area contributed by atoms with Crippen LogP contribution >= 0.6 is 11.3 Å². The quantitative estimate of drug-likeness (QED) is 0.317. The van der Waals surface area contributed by atoms with Gasteiger partial charge in [-0.25, -0.2) is 13.4 Å². The van der Waals surface area contributed by atoms with E-state index in [0.29, 0.717) is 31.9 Å². The summed E-state index contributed by atoms with van der Waals surface area (Å²) in [5.74, 6) is -0.479. The molecule has 11 heteroatoms. The van der Waals surface area contributed by atoms with Gasteiger partial charge >= 0.3 is 6.18 Å². The molecule has 4 aromatic rings. The molecule has 0 spiro atoms. The van der Waals surface area contributed by atoms with Gasteiger partial charge < -0.3 is 10.4 Å². The Morgan fingerprint density at radius 3 is 2.46 bits per heavy atom. The molecule has 1 unspecified atom stereocenters. The summed E-state index contributed by atoms with van der Waals surface area (Å²) in [6.07, 6.45) is -4.20. The highest BCUT2D eigenvalue weighted by atomic mass is 32.2. The molecule has 4 rings (SSSR count). The molecule has 0 saturated heterocycles. The van der Waals surface area contributed by atoms with E-state index < -0.39 is 40.1 Å². The summed E-state index contributed by atoms with van der Waals surface area (Å²) in [6.45, 7) is 1.16. The molecule has 6 nitrogen and oxygen atoms in total. The van der Waals surface area contributed by atoms with Crippen LogP contribution in [0.2, 0.25) is 0 Å². The van der Waals surface area contributed by atoms with Crippen LogP contribution in [-0.2, 0) is 22.4 Å². The summed E-state index contributed by atoms with van der Waals surface area (Å²) in [5.41, 5.74) is 1.26. The number of aromatic nitrogens is 1. The first-order valence-corrected chi connectivity index (χ1v) is 13.8. The maximum absolute atomic E-state index is 13.0. The highest BCUT2D eigenvalue weighted by Gasteiger charge is 2.30. The first kappa shape index (κ1) is 26.8. The van der Waals surface area contributed by atoms with E-state index in [1.807, 2.05) is 0 Å². The first-order chi connectivity index (χ1) is 17.5. The van der Waals surface area contributed by atoms with Crippen LogP contribution in [0.25, 0.3) is 10.2 Å². The molecule has 1 amide bonds. The van der Waals surface area contributed by atoms with Crippen molar-refractivity contribution in [2.75, 3.05) is 12.4 Å². The van der Waals surface area contributed by atoms with E-state index in [1.165, 1.54) is 29.5 Å². The lowest BCUT2D eigenvalue weighted by Crippen LogP contribution is -2.30. The molecule has 37 heavy (non-hydrogen) atoms. The average molecular weight is 549 g/mol. The van der Waals surface area contributed by atoms with E-state index in [1.54, 1.807) is 43.3 Å². The standard InChI is InChI=1S/C26H23F3N2O4S2/c1-2-37(34,35)20-9-6-17(7-10-20)22(15-32)31-25(33)18-8-11-21-23(14-18)36-24(30-21)13-16-4-3-5-19(12-16)26(27,28)29/h3-12,14,22,32H,2,13,15H2,1H3,(H,31,33). The van der Waals surface area contributed by atoms with Crippen molar-refractivity contribution in [1.82, 2.24) is 10.3 Å². The van der Waals surface area contributed by atoms with Gasteiger partial charge in [-0.15, -0.1) is 11.3 Å². The third kappa shape index (κ3) is 6.17. The largest absolute Gasteiger partial charge is 0.416 e. The minimum atomic E-state index is -4.42. The molecule has 0 saturated carbocycles. The summed E-state index contributed by atoms with van der Waals surface area (Å²) in [4.78, 5) is 17.5. The Balaban J connectivity index is 1.50. The molecule has 2 N–H and O–H groups in total. The molecule has 0 aliphatic rings. The number of carbonyl (C=O) groups is 1. The van der Waals surface area contributed by atoms with Crippen LogP contribution in [0.5, 0.6) is 0 Å². The number of hydrogen-bond donors (Lipinski definition) is 2. The Kier molecular flexibility index (Phi) is 7.67. The number of hydrogen-bond acceptors (Lipinski definition) is 6. The van der Waals surface area contributed by atoms with E-state index >= 15 is 0 Å². The molecule has 1 heterocycles. The summed E-state index contributed by atoms with van der Waals surface area (Å²) in [7, 11) is -3.37. The lowest BCUT2D eigenvalue weighted by molar-refractivity contribution is -0.137. The Labute approximate surface area is 215 Å². The number of fused-ring (bicyclic) bond motifs is 1. The highest BCUT2D eigenvalue weighted by molar-refractivity contribution is 7.91. The van der Waals surface area contributed by atoms with Gasteiger partial charge in [-0.3, -0.25) is 4.79 Å². The topological polar surface area (TPSA) is 96.4 Å². The third-order valence-corrected chi connectivity index (χ3v) is 8.58. The minimum Gasteiger partial charge on any atom is -0.394 e. The molecule has 0 aliphatic carbocycles. The Morgan fingerprint density at radius 1 is 1.08 bits per heavy atom. The predicted octanol–water partition coefficient (Wildman–Crippen LogP) is 5.16. The fraction of sp³-hybridized carbons (Fsp3) is 0.231. The van der Waals surface area contributed by atoms with Crippen molar-refractivity contribution in [1.29, 1.82) is 0 Å². The van der Waals surface area contributed by atoms with Gasteiger partial charge in [-0.2, -0.15) is 13.2 Å². The third-order valence-electron chi connectivity index (χ3n) is 5.81. The van der Waals surface area contributed by atoms with Gasteiger partial charge in [0.25, 0.3) is 5.91 Å². The molecule has 0 fully saturated rings. The highest BCUT2D eigenvalue weighted by Crippen LogP contribution is 2.31. The second-order valence-electron chi connectivity index (χ2n) is 8.35.